The molecule has 0 aliphatic heterocycles. The molecule has 0 aromatic heterocycles. The Morgan fingerprint density at radius 1 is 1.14 bits per heavy atom. The van der Waals surface area contributed by atoms with Gasteiger partial charge in [0.15, 0.2) is 0 Å². The molecule has 1 fully saturated rings. The molecule has 0 saturated heterocycles. The minimum atomic E-state index is -4.61. The fourth-order valence-corrected chi connectivity index (χ4v) is 1.73. The van der Waals surface area contributed by atoms with Crippen LogP contribution < -0.4 is 5.32 Å². The van der Waals surface area contributed by atoms with Crippen LogP contribution >= 0.6 is 0 Å². The monoisotopic (exact) mass is 211 g/mol. The van der Waals surface area contributed by atoms with E-state index in [1.165, 1.54) is 0 Å². The molecule has 5 heteroatoms. The highest BCUT2D eigenvalue weighted by molar-refractivity contribution is 4.84. The lowest BCUT2D eigenvalue weighted by Gasteiger charge is -2.33. The second kappa shape index (κ2) is 4.06. The quantitative estimate of drug-likeness (QED) is 0.686. The Bertz CT molecular complexity index is 185. The van der Waals surface area contributed by atoms with E-state index in [0.29, 0.717) is 12.8 Å². The Balaban J connectivity index is 2.49. The van der Waals surface area contributed by atoms with Gasteiger partial charge in [0.25, 0.3) is 0 Å². The van der Waals surface area contributed by atoms with E-state index in [1.54, 1.807) is 0 Å². The topological polar surface area (TPSA) is 32.3 Å². The van der Waals surface area contributed by atoms with Crippen LogP contribution in [-0.4, -0.2) is 23.0 Å². The van der Waals surface area contributed by atoms with E-state index in [2.05, 4.69) is 5.32 Å². The Morgan fingerprint density at radius 3 is 2.07 bits per heavy atom. The zero-order valence-electron chi connectivity index (χ0n) is 8.19. The maximum absolute atomic E-state index is 12.3. The number of hydrogen-bond acceptors (Lipinski definition) is 2. The second-order valence-corrected chi connectivity index (χ2v) is 4.05. The maximum atomic E-state index is 12.3. The van der Waals surface area contributed by atoms with Crippen molar-refractivity contribution in [3.05, 3.63) is 0 Å². The fraction of sp³-hybridized carbons (Fsp3) is 1.00. The molecular formula is C9H16F3NO. The smallest absolute Gasteiger partial charge is 0.368 e. The molecule has 14 heavy (non-hydrogen) atoms. The summed E-state index contributed by atoms with van der Waals surface area (Å²) in [5.41, 5.74) is -2.75. The van der Waals surface area contributed by atoms with Crippen LogP contribution in [-0.2, 0) is 0 Å². The van der Waals surface area contributed by atoms with E-state index in [1.807, 2.05) is 0 Å². The molecule has 0 radical (unpaired) electrons. The lowest BCUT2D eigenvalue weighted by Crippen LogP contribution is -2.58. The predicted octanol–water partition coefficient (Wildman–Crippen LogP) is 2.18. The third-order valence-electron chi connectivity index (χ3n) is 2.64. The van der Waals surface area contributed by atoms with E-state index in [4.69, 9.17) is 5.11 Å². The SMILES string of the molecule is CC(O)(NC1CCCCC1)C(F)(F)F. The molecule has 0 aromatic carbocycles. The number of hydrogen-bond donors (Lipinski definition) is 2. The van der Waals surface area contributed by atoms with Gasteiger partial charge < -0.3 is 5.11 Å². The first-order chi connectivity index (χ1) is 6.33. The van der Waals surface area contributed by atoms with Crippen molar-refractivity contribution in [3.63, 3.8) is 0 Å². The summed E-state index contributed by atoms with van der Waals surface area (Å²) < 4.78 is 36.8. The van der Waals surface area contributed by atoms with E-state index in [9.17, 15) is 13.2 Å². The highest BCUT2D eigenvalue weighted by Gasteiger charge is 2.50. The summed E-state index contributed by atoms with van der Waals surface area (Å²) in [5, 5.41) is 11.4. The van der Waals surface area contributed by atoms with E-state index < -0.39 is 11.9 Å². The van der Waals surface area contributed by atoms with Crippen molar-refractivity contribution in [1.82, 2.24) is 5.32 Å². The highest BCUT2D eigenvalue weighted by Crippen LogP contribution is 2.30. The first kappa shape index (κ1) is 11.8. The molecule has 0 spiro atoms. The zero-order valence-corrected chi connectivity index (χ0v) is 8.19. The van der Waals surface area contributed by atoms with Gasteiger partial charge in [-0.2, -0.15) is 13.2 Å². The van der Waals surface area contributed by atoms with Crippen LogP contribution in [0.2, 0.25) is 0 Å². The molecule has 1 aliphatic rings. The van der Waals surface area contributed by atoms with Crippen molar-refractivity contribution in [1.29, 1.82) is 0 Å². The van der Waals surface area contributed by atoms with Crippen molar-refractivity contribution in [2.24, 2.45) is 0 Å². The summed E-state index contributed by atoms with van der Waals surface area (Å²) in [6, 6.07) is -0.208. The van der Waals surface area contributed by atoms with Crippen LogP contribution in [0.25, 0.3) is 0 Å². The molecule has 0 amide bonds. The fourth-order valence-electron chi connectivity index (χ4n) is 1.73. The molecule has 2 N–H and O–H groups in total. The van der Waals surface area contributed by atoms with Crippen molar-refractivity contribution in [2.75, 3.05) is 0 Å². The second-order valence-electron chi connectivity index (χ2n) is 4.05. The number of alkyl halides is 3. The van der Waals surface area contributed by atoms with Gasteiger partial charge in [0.2, 0.25) is 5.72 Å². The van der Waals surface area contributed by atoms with Gasteiger partial charge in [-0.25, -0.2) is 0 Å². The van der Waals surface area contributed by atoms with Crippen molar-refractivity contribution in [3.8, 4) is 0 Å². The zero-order chi connectivity index (χ0) is 10.8. The summed E-state index contributed by atoms with van der Waals surface area (Å²) in [5.74, 6) is 0. The number of nitrogens with one attached hydrogen (secondary N) is 1. The van der Waals surface area contributed by atoms with Crippen molar-refractivity contribution < 1.29 is 18.3 Å². The first-order valence-electron chi connectivity index (χ1n) is 4.90. The third kappa shape index (κ3) is 2.85. The van der Waals surface area contributed by atoms with Gasteiger partial charge in [-0.15, -0.1) is 0 Å². The summed E-state index contributed by atoms with van der Waals surface area (Å²) >= 11 is 0. The number of aliphatic hydroxyl groups is 1. The molecule has 1 aliphatic carbocycles. The molecule has 1 rings (SSSR count). The largest absolute Gasteiger partial charge is 0.430 e. The number of rotatable bonds is 2. The minimum absolute atomic E-state index is 0.208. The van der Waals surface area contributed by atoms with Crippen LogP contribution in [0.3, 0.4) is 0 Å². The van der Waals surface area contributed by atoms with Gasteiger partial charge in [-0.3, -0.25) is 5.32 Å². The summed E-state index contributed by atoms with van der Waals surface area (Å²) in [7, 11) is 0. The van der Waals surface area contributed by atoms with Gasteiger partial charge in [0, 0.05) is 6.04 Å². The number of halogens is 3. The van der Waals surface area contributed by atoms with Crippen LogP contribution in [0.1, 0.15) is 39.0 Å². The normalized spacial score (nSPS) is 24.6. The Morgan fingerprint density at radius 2 is 1.64 bits per heavy atom. The molecule has 2 nitrogen and oxygen atoms in total. The average Bonchev–Trinajstić information content (AvgIpc) is 2.03. The Hall–Kier alpha value is -0.290. The third-order valence-corrected chi connectivity index (χ3v) is 2.64. The van der Waals surface area contributed by atoms with Crippen LogP contribution in [0, 0.1) is 0 Å². The molecule has 1 unspecified atom stereocenters. The van der Waals surface area contributed by atoms with Crippen LogP contribution in [0.4, 0.5) is 13.2 Å². The Kier molecular flexibility index (Phi) is 3.42. The summed E-state index contributed by atoms with van der Waals surface area (Å²) in [6.45, 7) is 0.765. The van der Waals surface area contributed by atoms with Gasteiger partial charge in [-0.05, 0) is 19.8 Å². The van der Waals surface area contributed by atoms with Crippen LogP contribution in [0.5, 0.6) is 0 Å². The molecule has 0 heterocycles. The van der Waals surface area contributed by atoms with E-state index in [-0.39, 0.29) is 6.04 Å². The molecule has 0 aromatic rings. The lowest BCUT2D eigenvalue weighted by atomic mass is 9.94. The summed E-state index contributed by atoms with van der Waals surface area (Å²) in [4.78, 5) is 0. The minimum Gasteiger partial charge on any atom is -0.368 e. The van der Waals surface area contributed by atoms with Gasteiger partial charge in [-0.1, -0.05) is 19.3 Å². The van der Waals surface area contributed by atoms with E-state index >= 15 is 0 Å². The highest BCUT2D eigenvalue weighted by atomic mass is 19.4. The van der Waals surface area contributed by atoms with Gasteiger partial charge in [0.05, 0.1) is 0 Å². The first-order valence-corrected chi connectivity index (χ1v) is 4.90. The van der Waals surface area contributed by atoms with Gasteiger partial charge in [0.1, 0.15) is 0 Å². The summed E-state index contributed by atoms with van der Waals surface area (Å²) in [6.07, 6.45) is -0.230. The Labute approximate surface area is 81.5 Å². The van der Waals surface area contributed by atoms with Crippen molar-refractivity contribution in [2.45, 2.75) is 57.0 Å². The van der Waals surface area contributed by atoms with E-state index in [0.717, 1.165) is 26.2 Å². The predicted molar refractivity (Wildman–Crippen MR) is 46.7 cm³/mol. The van der Waals surface area contributed by atoms with Crippen molar-refractivity contribution >= 4 is 0 Å². The molecular weight excluding hydrogens is 195 g/mol. The molecule has 1 saturated carbocycles. The molecule has 1 atom stereocenters. The molecule has 0 bridgehead atoms. The van der Waals surface area contributed by atoms with Crippen LogP contribution in [0.15, 0.2) is 0 Å². The van der Waals surface area contributed by atoms with Gasteiger partial charge >= 0.3 is 6.18 Å². The average molecular weight is 211 g/mol. The standard InChI is InChI=1S/C9H16F3NO/c1-8(14,9(10,11)12)13-7-5-3-2-4-6-7/h7,13-14H,2-6H2,1H3. The maximum Gasteiger partial charge on any atom is 0.430 e. The molecule has 84 valence electrons. The lowest BCUT2D eigenvalue weighted by molar-refractivity contribution is -0.268.